The first-order valence-electron chi connectivity index (χ1n) is 14.9. The third kappa shape index (κ3) is 6.04. The van der Waals surface area contributed by atoms with Crippen LogP contribution in [0.2, 0.25) is 0 Å². The molecule has 1 saturated heterocycles. The molecule has 1 N–H and O–H groups in total. The molecule has 0 bridgehead atoms. The van der Waals surface area contributed by atoms with Crippen LogP contribution >= 0.6 is 0 Å². The number of halogens is 1. The first kappa shape index (κ1) is 31.4. The number of carbonyl (C=O) groups is 2. The van der Waals surface area contributed by atoms with E-state index in [-0.39, 0.29) is 39.3 Å². The normalized spacial score (nSPS) is 13.5. The molecule has 1 fully saturated rings. The predicted molar refractivity (Wildman–Crippen MR) is 174 cm³/mol. The molecule has 1 amide bonds. The zero-order valence-corrected chi connectivity index (χ0v) is 26.3. The van der Waals surface area contributed by atoms with Crippen LogP contribution in [-0.4, -0.2) is 67.7 Å². The van der Waals surface area contributed by atoms with E-state index in [2.05, 4.69) is 20.4 Å². The third-order valence-corrected chi connectivity index (χ3v) is 8.06. The van der Waals surface area contributed by atoms with Gasteiger partial charge in [-0.15, -0.1) is 0 Å². The van der Waals surface area contributed by atoms with Gasteiger partial charge < -0.3 is 19.5 Å². The van der Waals surface area contributed by atoms with Crippen molar-refractivity contribution < 1.29 is 18.7 Å². The molecule has 0 aliphatic carbocycles. The average molecular weight is 638 g/mol. The quantitative estimate of drug-likeness (QED) is 0.274. The summed E-state index contributed by atoms with van der Waals surface area (Å²) < 4.78 is 22.9. The minimum absolute atomic E-state index is 0.0156. The van der Waals surface area contributed by atoms with Crippen molar-refractivity contribution in [3.8, 4) is 16.9 Å². The summed E-state index contributed by atoms with van der Waals surface area (Å²) in [5.74, 6) is -0.613. The second-order valence-corrected chi connectivity index (χ2v) is 12.3. The summed E-state index contributed by atoms with van der Waals surface area (Å²) in [6, 6.07) is 9.41. The predicted octanol–water partition coefficient (Wildman–Crippen LogP) is 4.01. The lowest BCUT2D eigenvalue weighted by molar-refractivity contribution is 0.0302. The molecule has 1 aromatic carbocycles. The third-order valence-electron chi connectivity index (χ3n) is 8.06. The number of amides is 1. The van der Waals surface area contributed by atoms with Gasteiger partial charge in [0.2, 0.25) is 0 Å². The Morgan fingerprint density at radius 3 is 2.47 bits per heavy atom. The second kappa shape index (κ2) is 12.3. The van der Waals surface area contributed by atoms with Gasteiger partial charge in [0.15, 0.2) is 12.1 Å². The van der Waals surface area contributed by atoms with E-state index in [9.17, 15) is 19.2 Å². The van der Waals surface area contributed by atoms with E-state index in [4.69, 9.17) is 4.74 Å². The molecule has 0 spiro atoms. The number of nitrogens with zero attached hydrogens (tertiary/aromatic N) is 6. The van der Waals surface area contributed by atoms with Crippen LogP contribution in [0.3, 0.4) is 0 Å². The number of carbonyl (C=O) groups excluding carboxylic acids is 2. The van der Waals surface area contributed by atoms with Crippen LogP contribution in [0.4, 0.5) is 15.9 Å². The number of benzene rings is 1. The van der Waals surface area contributed by atoms with Crippen molar-refractivity contribution in [3.63, 3.8) is 0 Å². The fourth-order valence-corrected chi connectivity index (χ4v) is 5.45. The number of aromatic nitrogens is 5. The molecule has 13 heteroatoms. The highest BCUT2D eigenvalue weighted by Crippen LogP contribution is 2.29. The fraction of sp³-hybridized carbons (Fsp3) is 0.265. The zero-order valence-electron chi connectivity index (χ0n) is 26.3. The number of hydrogen-bond donors (Lipinski definition) is 1. The summed E-state index contributed by atoms with van der Waals surface area (Å²) in [5, 5.41) is 7.41. The first-order chi connectivity index (χ1) is 22.5. The molecule has 4 aromatic heterocycles. The minimum atomic E-state index is -0.766. The number of ether oxygens (including phenoxy) is 1. The van der Waals surface area contributed by atoms with E-state index >= 15 is 4.39 Å². The lowest BCUT2D eigenvalue weighted by atomic mass is 9.86. The number of anilines is 2. The van der Waals surface area contributed by atoms with Gasteiger partial charge in [-0.1, -0.05) is 20.8 Å². The number of fused-ring (bicyclic) bond motifs is 1. The molecule has 1 aliphatic rings. The number of aryl methyl sites for hydroxylation is 1. The van der Waals surface area contributed by atoms with Crippen molar-refractivity contribution in [2.24, 2.45) is 7.05 Å². The summed E-state index contributed by atoms with van der Waals surface area (Å²) in [4.78, 5) is 62.3. The SMILES string of the molecule is Cn1cc(-c2ccnc(-n3ncc4cc(C(C)(C)C)cc(F)c4c3=O)c2C=O)cc(Nc2ccc(C(=O)N3CCOCC3)cn2)c1=O. The molecule has 240 valence electrons. The van der Waals surface area contributed by atoms with Crippen molar-refractivity contribution in [2.75, 3.05) is 31.6 Å². The van der Waals surface area contributed by atoms with E-state index in [1.165, 1.54) is 29.2 Å². The van der Waals surface area contributed by atoms with Crippen molar-refractivity contribution >= 4 is 34.5 Å². The Bertz CT molecular complexity index is 2150. The maximum atomic E-state index is 15.3. The maximum Gasteiger partial charge on any atom is 0.283 e. The number of nitrogens with one attached hydrogen (secondary N) is 1. The summed E-state index contributed by atoms with van der Waals surface area (Å²) in [6.45, 7) is 7.79. The number of rotatable bonds is 6. The van der Waals surface area contributed by atoms with Gasteiger partial charge in [0.1, 0.15) is 17.3 Å². The Morgan fingerprint density at radius 1 is 1.02 bits per heavy atom. The number of morpholine rings is 1. The van der Waals surface area contributed by atoms with E-state index in [1.807, 2.05) is 20.8 Å². The van der Waals surface area contributed by atoms with Gasteiger partial charge in [-0.2, -0.15) is 9.78 Å². The van der Waals surface area contributed by atoms with Gasteiger partial charge >= 0.3 is 0 Å². The van der Waals surface area contributed by atoms with Crippen LogP contribution < -0.4 is 16.4 Å². The highest BCUT2D eigenvalue weighted by atomic mass is 19.1. The highest BCUT2D eigenvalue weighted by molar-refractivity contribution is 5.94. The Labute approximate surface area is 268 Å². The molecular weight excluding hydrogens is 605 g/mol. The van der Waals surface area contributed by atoms with Crippen LogP contribution in [0.5, 0.6) is 0 Å². The van der Waals surface area contributed by atoms with Crippen molar-refractivity contribution in [3.05, 3.63) is 104 Å². The standard InChI is InChI=1S/C34H32FN7O5/c1-34(2,3)23-13-21-17-38-42(33(46)29(21)26(35)15-23)30-25(19-43)24(7-8-36-30)22-14-27(32(45)40(4)18-22)39-28-6-5-20(16-37-28)31(44)41-9-11-47-12-10-41/h5-8,13-19H,9-12H2,1-4H3,(H,37,39). The number of aldehydes is 1. The van der Waals surface area contributed by atoms with E-state index in [0.717, 1.165) is 4.68 Å². The van der Waals surface area contributed by atoms with Crippen LogP contribution in [0.1, 0.15) is 47.1 Å². The van der Waals surface area contributed by atoms with E-state index < -0.39 is 11.4 Å². The summed E-state index contributed by atoms with van der Waals surface area (Å²) >= 11 is 0. The highest BCUT2D eigenvalue weighted by Gasteiger charge is 2.22. The maximum absolute atomic E-state index is 15.3. The average Bonchev–Trinajstić information content (AvgIpc) is 3.06. The smallest absolute Gasteiger partial charge is 0.283 e. The molecule has 0 unspecified atom stereocenters. The largest absolute Gasteiger partial charge is 0.378 e. The molecule has 47 heavy (non-hydrogen) atoms. The minimum Gasteiger partial charge on any atom is -0.378 e. The van der Waals surface area contributed by atoms with Gasteiger partial charge in [-0.25, -0.2) is 14.4 Å². The monoisotopic (exact) mass is 637 g/mol. The summed E-state index contributed by atoms with van der Waals surface area (Å²) in [5.41, 5.74) is 0.610. The second-order valence-electron chi connectivity index (χ2n) is 12.3. The Hall–Kier alpha value is -5.56. The van der Waals surface area contributed by atoms with Crippen LogP contribution in [0, 0.1) is 5.82 Å². The van der Waals surface area contributed by atoms with Crippen molar-refractivity contribution in [1.82, 2.24) is 29.2 Å². The molecule has 1 aliphatic heterocycles. The molecule has 0 radical (unpaired) electrons. The van der Waals surface area contributed by atoms with Crippen LogP contribution in [-0.2, 0) is 17.2 Å². The molecule has 6 rings (SSSR count). The van der Waals surface area contributed by atoms with Crippen LogP contribution in [0.25, 0.3) is 27.7 Å². The molecule has 0 saturated carbocycles. The lowest BCUT2D eigenvalue weighted by Crippen LogP contribution is -2.40. The lowest BCUT2D eigenvalue weighted by Gasteiger charge is -2.26. The summed E-state index contributed by atoms with van der Waals surface area (Å²) in [6.07, 6.45) is 6.30. The molecular formula is C34H32FN7O5. The fourth-order valence-electron chi connectivity index (χ4n) is 5.45. The summed E-state index contributed by atoms with van der Waals surface area (Å²) in [7, 11) is 1.56. The first-order valence-corrected chi connectivity index (χ1v) is 14.9. The van der Waals surface area contributed by atoms with Gasteiger partial charge in [0.25, 0.3) is 17.0 Å². The van der Waals surface area contributed by atoms with Gasteiger partial charge in [0.05, 0.1) is 35.9 Å². The number of hydrogen-bond acceptors (Lipinski definition) is 9. The number of pyridine rings is 3. The Morgan fingerprint density at radius 2 is 1.79 bits per heavy atom. The van der Waals surface area contributed by atoms with E-state index in [1.54, 1.807) is 48.5 Å². The Kier molecular flexibility index (Phi) is 8.24. The molecule has 12 nitrogen and oxygen atoms in total. The zero-order chi connectivity index (χ0) is 33.5. The van der Waals surface area contributed by atoms with Gasteiger partial charge in [0, 0.05) is 49.7 Å². The van der Waals surface area contributed by atoms with Crippen molar-refractivity contribution in [1.29, 1.82) is 0 Å². The molecule has 5 heterocycles. The molecule has 0 atom stereocenters. The molecule has 5 aromatic rings. The Balaban J connectivity index is 1.36. The van der Waals surface area contributed by atoms with Crippen molar-refractivity contribution in [2.45, 2.75) is 26.2 Å². The van der Waals surface area contributed by atoms with Gasteiger partial charge in [-0.3, -0.25) is 19.2 Å². The van der Waals surface area contributed by atoms with Gasteiger partial charge in [-0.05, 0) is 52.9 Å². The van der Waals surface area contributed by atoms with Crippen LogP contribution in [0.15, 0.2) is 70.8 Å². The topological polar surface area (TPSA) is 141 Å². The van der Waals surface area contributed by atoms with E-state index in [0.29, 0.717) is 66.0 Å².